The molecular formula is C18H24N4O3. The van der Waals surface area contributed by atoms with Gasteiger partial charge in [0.05, 0.1) is 12.2 Å². The highest BCUT2D eigenvalue weighted by atomic mass is 16.5. The van der Waals surface area contributed by atoms with Gasteiger partial charge in [0.1, 0.15) is 11.8 Å². The van der Waals surface area contributed by atoms with E-state index in [4.69, 9.17) is 4.74 Å². The zero-order chi connectivity index (χ0) is 18.4. The zero-order valence-electron chi connectivity index (χ0n) is 14.9. The first kappa shape index (κ1) is 18.5. The number of hydrogen-bond acceptors (Lipinski definition) is 4. The minimum absolute atomic E-state index is 0.0908. The lowest BCUT2D eigenvalue weighted by atomic mass is 10.0. The number of nitrogens with zero attached hydrogens (tertiary/aromatic N) is 2. The second-order valence-electron chi connectivity index (χ2n) is 5.99. The van der Waals surface area contributed by atoms with E-state index in [0.29, 0.717) is 23.7 Å². The highest BCUT2D eigenvalue weighted by Gasteiger charge is 2.26. The first-order valence-corrected chi connectivity index (χ1v) is 8.25. The van der Waals surface area contributed by atoms with E-state index >= 15 is 0 Å². The summed E-state index contributed by atoms with van der Waals surface area (Å²) in [5, 5.41) is 9.64. The molecule has 1 atom stereocenters. The molecule has 0 unspecified atom stereocenters. The fourth-order valence-electron chi connectivity index (χ4n) is 2.38. The number of carbonyl (C=O) groups excluding carboxylic acids is 2. The van der Waals surface area contributed by atoms with Crippen molar-refractivity contribution in [2.45, 2.75) is 26.8 Å². The number of ether oxygens (including phenoxy) is 1. The Morgan fingerprint density at radius 1 is 1.24 bits per heavy atom. The molecule has 134 valence electrons. The third kappa shape index (κ3) is 4.82. The topological polar surface area (TPSA) is 85.2 Å². The average molecular weight is 344 g/mol. The lowest BCUT2D eigenvalue weighted by molar-refractivity contribution is -0.118. The van der Waals surface area contributed by atoms with Gasteiger partial charge < -0.3 is 15.4 Å². The van der Waals surface area contributed by atoms with Crippen molar-refractivity contribution in [2.24, 2.45) is 13.0 Å². The molecule has 0 saturated carbocycles. The van der Waals surface area contributed by atoms with Crippen molar-refractivity contribution in [1.82, 2.24) is 15.1 Å². The van der Waals surface area contributed by atoms with Gasteiger partial charge in [-0.1, -0.05) is 26.0 Å². The van der Waals surface area contributed by atoms with E-state index in [1.165, 1.54) is 0 Å². The van der Waals surface area contributed by atoms with E-state index in [2.05, 4.69) is 15.7 Å². The van der Waals surface area contributed by atoms with Gasteiger partial charge >= 0.3 is 0 Å². The summed E-state index contributed by atoms with van der Waals surface area (Å²) in [7, 11) is 1.77. The summed E-state index contributed by atoms with van der Waals surface area (Å²) in [5.41, 5.74) is 0.403. The molecule has 0 aliphatic carbocycles. The molecule has 2 rings (SSSR count). The average Bonchev–Trinajstić information content (AvgIpc) is 2.97. The number of hydrogen-bond donors (Lipinski definition) is 2. The number of nitrogens with one attached hydrogen (secondary N) is 2. The van der Waals surface area contributed by atoms with Gasteiger partial charge in [-0.05, 0) is 25.0 Å². The molecule has 0 radical (unpaired) electrons. The predicted molar refractivity (Wildman–Crippen MR) is 95.5 cm³/mol. The molecule has 0 bridgehead atoms. The molecule has 1 heterocycles. The second kappa shape index (κ2) is 8.32. The summed E-state index contributed by atoms with van der Waals surface area (Å²) in [5.74, 6) is 0.194. The van der Waals surface area contributed by atoms with E-state index in [9.17, 15) is 9.59 Å². The fraction of sp³-hybridized carbons (Fsp3) is 0.389. The molecule has 0 fully saturated rings. The SMILES string of the molecule is CCOc1ccccc1C(=O)N[C@H](C(=O)Nc1ccn(C)n1)C(C)C. The van der Waals surface area contributed by atoms with E-state index in [0.717, 1.165) is 0 Å². The van der Waals surface area contributed by atoms with E-state index in [1.807, 2.05) is 20.8 Å². The maximum Gasteiger partial charge on any atom is 0.255 e. The first-order valence-electron chi connectivity index (χ1n) is 8.25. The van der Waals surface area contributed by atoms with E-state index in [-0.39, 0.29) is 17.7 Å². The molecular weight excluding hydrogens is 320 g/mol. The largest absolute Gasteiger partial charge is 0.493 e. The number of aryl methyl sites for hydroxylation is 1. The van der Waals surface area contributed by atoms with Crippen LogP contribution in [0.15, 0.2) is 36.5 Å². The van der Waals surface area contributed by atoms with Crippen LogP contribution in [0.3, 0.4) is 0 Å². The van der Waals surface area contributed by atoms with Crippen molar-refractivity contribution >= 4 is 17.6 Å². The van der Waals surface area contributed by atoms with Crippen LogP contribution in [-0.2, 0) is 11.8 Å². The Balaban J connectivity index is 2.13. The molecule has 1 aromatic heterocycles. The Bertz CT molecular complexity index is 739. The Morgan fingerprint density at radius 2 is 1.96 bits per heavy atom. The number of amides is 2. The number of para-hydroxylation sites is 1. The third-order valence-corrected chi connectivity index (χ3v) is 3.63. The van der Waals surface area contributed by atoms with Gasteiger partial charge in [-0.25, -0.2) is 0 Å². The number of rotatable bonds is 7. The van der Waals surface area contributed by atoms with Gasteiger partial charge in [-0.2, -0.15) is 5.10 Å². The Morgan fingerprint density at radius 3 is 2.56 bits per heavy atom. The smallest absolute Gasteiger partial charge is 0.255 e. The summed E-state index contributed by atoms with van der Waals surface area (Å²) < 4.78 is 7.08. The number of benzene rings is 1. The van der Waals surface area contributed by atoms with Crippen molar-refractivity contribution in [2.75, 3.05) is 11.9 Å². The maximum atomic E-state index is 12.6. The van der Waals surface area contributed by atoms with E-state index < -0.39 is 6.04 Å². The molecule has 2 N–H and O–H groups in total. The van der Waals surface area contributed by atoms with Crippen LogP contribution >= 0.6 is 0 Å². The summed E-state index contributed by atoms with van der Waals surface area (Å²) in [6, 6.07) is 7.97. The van der Waals surface area contributed by atoms with Gasteiger partial charge in [0.15, 0.2) is 5.82 Å². The van der Waals surface area contributed by atoms with Gasteiger partial charge in [-0.15, -0.1) is 0 Å². The van der Waals surface area contributed by atoms with Crippen LogP contribution in [0, 0.1) is 5.92 Å². The lowest BCUT2D eigenvalue weighted by Gasteiger charge is -2.21. The molecule has 0 spiro atoms. The Hall–Kier alpha value is -2.83. The maximum absolute atomic E-state index is 12.6. The van der Waals surface area contributed by atoms with Crippen LogP contribution in [0.4, 0.5) is 5.82 Å². The van der Waals surface area contributed by atoms with Crippen molar-refractivity contribution in [3.8, 4) is 5.75 Å². The second-order valence-corrected chi connectivity index (χ2v) is 5.99. The minimum Gasteiger partial charge on any atom is -0.493 e. The van der Waals surface area contributed by atoms with Gasteiger partial charge in [0.25, 0.3) is 5.91 Å². The first-order chi connectivity index (χ1) is 11.9. The van der Waals surface area contributed by atoms with Crippen molar-refractivity contribution in [3.63, 3.8) is 0 Å². The molecule has 0 aliphatic rings. The quantitative estimate of drug-likeness (QED) is 0.806. The predicted octanol–water partition coefficient (Wildman–Crippen LogP) is 2.21. The van der Waals surface area contributed by atoms with Crippen LogP contribution in [0.1, 0.15) is 31.1 Å². The van der Waals surface area contributed by atoms with Crippen LogP contribution in [0.5, 0.6) is 5.75 Å². The summed E-state index contributed by atoms with van der Waals surface area (Å²) in [6.45, 7) is 6.05. The third-order valence-electron chi connectivity index (χ3n) is 3.63. The minimum atomic E-state index is -0.691. The van der Waals surface area contributed by atoms with Crippen LogP contribution in [0.2, 0.25) is 0 Å². The summed E-state index contributed by atoms with van der Waals surface area (Å²) >= 11 is 0. The van der Waals surface area contributed by atoms with Gasteiger partial charge in [0.2, 0.25) is 5.91 Å². The van der Waals surface area contributed by atoms with E-state index in [1.54, 1.807) is 48.3 Å². The van der Waals surface area contributed by atoms with Crippen molar-refractivity contribution in [3.05, 3.63) is 42.1 Å². The molecule has 1 aromatic carbocycles. The van der Waals surface area contributed by atoms with Crippen molar-refractivity contribution < 1.29 is 14.3 Å². The number of aromatic nitrogens is 2. The highest BCUT2D eigenvalue weighted by molar-refractivity contribution is 6.02. The Kier molecular flexibility index (Phi) is 6.16. The molecule has 25 heavy (non-hydrogen) atoms. The van der Waals surface area contributed by atoms with Gasteiger partial charge in [-0.3, -0.25) is 14.3 Å². The molecule has 2 amide bonds. The fourth-order valence-corrected chi connectivity index (χ4v) is 2.38. The molecule has 2 aromatic rings. The molecule has 7 nitrogen and oxygen atoms in total. The summed E-state index contributed by atoms with van der Waals surface area (Å²) in [6.07, 6.45) is 1.73. The Labute approximate surface area is 147 Å². The monoisotopic (exact) mass is 344 g/mol. The number of anilines is 1. The van der Waals surface area contributed by atoms with Crippen LogP contribution in [-0.4, -0.2) is 34.2 Å². The normalized spacial score (nSPS) is 11.9. The standard InChI is InChI=1S/C18H24N4O3/c1-5-25-14-9-7-6-8-13(14)17(23)20-16(12(2)3)18(24)19-15-10-11-22(4)21-15/h6-12,16H,5H2,1-4H3,(H,20,23)(H,19,21,24)/t16-/m0/s1. The summed E-state index contributed by atoms with van der Waals surface area (Å²) in [4.78, 5) is 25.2. The van der Waals surface area contributed by atoms with Crippen LogP contribution in [0.25, 0.3) is 0 Å². The van der Waals surface area contributed by atoms with Crippen LogP contribution < -0.4 is 15.4 Å². The number of carbonyl (C=O) groups is 2. The molecule has 0 saturated heterocycles. The lowest BCUT2D eigenvalue weighted by Crippen LogP contribution is -2.47. The van der Waals surface area contributed by atoms with Gasteiger partial charge in [0, 0.05) is 19.3 Å². The highest BCUT2D eigenvalue weighted by Crippen LogP contribution is 2.18. The molecule has 7 heteroatoms. The zero-order valence-corrected chi connectivity index (χ0v) is 14.9. The molecule has 0 aliphatic heterocycles. The van der Waals surface area contributed by atoms with Crippen molar-refractivity contribution in [1.29, 1.82) is 0 Å².